The van der Waals surface area contributed by atoms with E-state index in [-0.39, 0.29) is 25.2 Å². The topological polar surface area (TPSA) is 139 Å². The number of nitrogens with one attached hydrogen (secondary N) is 2. The van der Waals surface area contributed by atoms with E-state index in [1.165, 1.54) is 0 Å². The molecule has 0 spiro atoms. The maximum absolute atomic E-state index is 11.6. The average Bonchev–Trinajstić information content (AvgIpc) is 2.70. The van der Waals surface area contributed by atoms with Gasteiger partial charge >= 0.3 is 5.97 Å². The lowest BCUT2D eigenvalue weighted by Crippen LogP contribution is -2.49. The highest BCUT2D eigenvalue weighted by Gasteiger charge is 2.30. The lowest BCUT2D eigenvalue weighted by molar-refractivity contribution is -0.142. The van der Waals surface area contributed by atoms with Crippen LogP contribution in [0.4, 0.5) is 0 Å². The molecule has 0 aromatic carbocycles. The average molecular weight is 257 g/mol. The molecule has 1 saturated heterocycles. The summed E-state index contributed by atoms with van der Waals surface area (Å²) in [4.78, 5) is 44.0. The van der Waals surface area contributed by atoms with E-state index in [0.717, 1.165) is 0 Å². The van der Waals surface area contributed by atoms with Crippen molar-refractivity contribution in [3.8, 4) is 0 Å². The Hall–Kier alpha value is -2.12. The minimum Gasteiger partial charge on any atom is -0.480 e. The molecule has 2 atom stereocenters. The van der Waals surface area contributed by atoms with Gasteiger partial charge in [-0.1, -0.05) is 0 Å². The molecule has 8 nitrogen and oxygen atoms in total. The zero-order valence-electron chi connectivity index (χ0n) is 9.64. The Balaban J connectivity index is 2.49. The number of rotatable bonds is 6. The molecule has 0 aliphatic carbocycles. The Bertz CT molecular complexity index is 382. The molecule has 0 radical (unpaired) electrons. The van der Waals surface area contributed by atoms with Crippen molar-refractivity contribution in [2.75, 3.05) is 0 Å². The Labute approximate surface area is 103 Å². The predicted molar refractivity (Wildman–Crippen MR) is 59.2 cm³/mol. The van der Waals surface area contributed by atoms with Crippen LogP contribution < -0.4 is 16.4 Å². The number of carbonyl (C=O) groups excluding carboxylic acids is 3. The van der Waals surface area contributed by atoms with E-state index in [2.05, 4.69) is 10.6 Å². The van der Waals surface area contributed by atoms with Crippen molar-refractivity contribution in [2.24, 2.45) is 5.73 Å². The van der Waals surface area contributed by atoms with Crippen LogP contribution in [-0.4, -0.2) is 40.9 Å². The van der Waals surface area contributed by atoms with Crippen molar-refractivity contribution < 1.29 is 24.3 Å². The molecule has 3 amide bonds. The number of hydrogen-bond acceptors (Lipinski definition) is 4. The summed E-state index contributed by atoms with van der Waals surface area (Å²) < 4.78 is 0. The van der Waals surface area contributed by atoms with Gasteiger partial charge in [0.05, 0.1) is 0 Å². The van der Waals surface area contributed by atoms with Crippen LogP contribution in [0.3, 0.4) is 0 Å². The summed E-state index contributed by atoms with van der Waals surface area (Å²) in [7, 11) is 0. The minimum absolute atomic E-state index is 0.0723. The Kier molecular flexibility index (Phi) is 4.64. The first-order chi connectivity index (χ1) is 8.40. The number of aliphatic carboxylic acids is 1. The molecule has 1 rings (SSSR count). The molecule has 1 heterocycles. The first-order valence-corrected chi connectivity index (χ1v) is 5.51. The third-order valence-electron chi connectivity index (χ3n) is 2.61. The zero-order valence-corrected chi connectivity index (χ0v) is 9.64. The highest BCUT2D eigenvalue weighted by Crippen LogP contribution is 2.07. The molecule has 18 heavy (non-hydrogen) atoms. The van der Waals surface area contributed by atoms with E-state index in [1.54, 1.807) is 0 Å². The maximum atomic E-state index is 11.6. The van der Waals surface area contributed by atoms with Gasteiger partial charge in [0.2, 0.25) is 17.7 Å². The summed E-state index contributed by atoms with van der Waals surface area (Å²) in [6.07, 6.45) is 0.384. The van der Waals surface area contributed by atoms with Gasteiger partial charge in [-0.25, -0.2) is 4.79 Å². The maximum Gasteiger partial charge on any atom is 0.326 e. The Morgan fingerprint density at radius 1 is 1.50 bits per heavy atom. The van der Waals surface area contributed by atoms with E-state index < -0.39 is 29.9 Å². The second kappa shape index (κ2) is 5.99. The van der Waals surface area contributed by atoms with Crippen LogP contribution >= 0.6 is 0 Å². The van der Waals surface area contributed by atoms with Crippen molar-refractivity contribution in [1.82, 2.24) is 10.6 Å². The molecular formula is C10H15N3O5. The van der Waals surface area contributed by atoms with Crippen molar-refractivity contribution in [3.63, 3.8) is 0 Å². The smallest absolute Gasteiger partial charge is 0.326 e. The minimum atomic E-state index is -1.24. The van der Waals surface area contributed by atoms with Crippen LogP contribution in [-0.2, 0) is 19.2 Å². The van der Waals surface area contributed by atoms with Gasteiger partial charge < -0.3 is 21.5 Å². The standard InChI is InChI=1S/C10H15N3O5/c11-7(14)3-1-6(10(17)18)13-9(16)5-2-4-8(15)12-5/h5-6H,1-4H2,(H2,11,14)(H,12,15)(H,13,16)(H,17,18)/t5-,6?/m1/s1. The summed E-state index contributed by atoms with van der Waals surface area (Å²) in [5.41, 5.74) is 4.91. The highest BCUT2D eigenvalue weighted by atomic mass is 16.4. The monoisotopic (exact) mass is 257 g/mol. The number of primary amides is 1. The van der Waals surface area contributed by atoms with Crippen LogP contribution in [0.2, 0.25) is 0 Å². The summed E-state index contributed by atoms with van der Waals surface area (Å²) in [5.74, 6) is -2.67. The third-order valence-corrected chi connectivity index (χ3v) is 2.61. The van der Waals surface area contributed by atoms with E-state index in [0.29, 0.717) is 6.42 Å². The fourth-order valence-electron chi connectivity index (χ4n) is 1.63. The summed E-state index contributed by atoms with van der Waals surface area (Å²) in [6.45, 7) is 0. The van der Waals surface area contributed by atoms with Gasteiger partial charge in [0.15, 0.2) is 0 Å². The van der Waals surface area contributed by atoms with Crippen molar-refractivity contribution in [1.29, 1.82) is 0 Å². The first kappa shape index (κ1) is 13.9. The number of amides is 3. The second-order valence-electron chi connectivity index (χ2n) is 4.06. The summed E-state index contributed by atoms with van der Waals surface area (Å²) in [5, 5.41) is 13.6. The molecular weight excluding hydrogens is 242 g/mol. The predicted octanol–water partition coefficient (Wildman–Crippen LogP) is -1.90. The fraction of sp³-hybridized carbons (Fsp3) is 0.600. The Morgan fingerprint density at radius 2 is 2.17 bits per heavy atom. The van der Waals surface area contributed by atoms with E-state index in [9.17, 15) is 19.2 Å². The van der Waals surface area contributed by atoms with Gasteiger partial charge in [0.1, 0.15) is 12.1 Å². The van der Waals surface area contributed by atoms with Crippen molar-refractivity contribution >= 4 is 23.7 Å². The Morgan fingerprint density at radius 3 is 2.61 bits per heavy atom. The van der Waals surface area contributed by atoms with Crippen LogP contribution in [0.15, 0.2) is 0 Å². The SMILES string of the molecule is NC(=O)CCC(NC(=O)[C@H]1CCC(=O)N1)C(=O)O. The molecule has 0 aromatic heterocycles. The normalized spacial score (nSPS) is 20.0. The van der Waals surface area contributed by atoms with Crippen LogP contribution in [0.5, 0.6) is 0 Å². The van der Waals surface area contributed by atoms with Gasteiger partial charge in [-0.05, 0) is 12.8 Å². The molecule has 8 heteroatoms. The molecule has 0 bridgehead atoms. The van der Waals surface area contributed by atoms with Gasteiger partial charge in [-0.3, -0.25) is 14.4 Å². The van der Waals surface area contributed by atoms with E-state index in [4.69, 9.17) is 10.8 Å². The lowest BCUT2D eigenvalue weighted by atomic mass is 10.1. The summed E-state index contributed by atoms with van der Waals surface area (Å²) in [6, 6.07) is -1.88. The number of carbonyl (C=O) groups is 4. The van der Waals surface area contributed by atoms with Crippen LogP contribution in [0, 0.1) is 0 Å². The molecule has 0 aromatic rings. The van der Waals surface area contributed by atoms with Crippen LogP contribution in [0.1, 0.15) is 25.7 Å². The number of carboxylic acid groups (broad SMARTS) is 1. The third kappa shape index (κ3) is 4.04. The second-order valence-corrected chi connectivity index (χ2v) is 4.06. The largest absolute Gasteiger partial charge is 0.480 e. The molecule has 0 saturated carbocycles. The fourth-order valence-corrected chi connectivity index (χ4v) is 1.63. The van der Waals surface area contributed by atoms with Gasteiger partial charge in [-0.15, -0.1) is 0 Å². The lowest BCUT2D eigenvalue weighted by Gasteiger charge is -2.16. The molecule has 5 N–H and O–H groups in total. The van der Waals surface area contributed by atoms with Crippen molar-refractivity contribution in [3.05, 3.63) is 0 Å². The van der Waals surface area contributed by atoms with Gasteiger partial charge in [0.25, 0.3) is 0 Å². The quantitative estimate of drug-likeness (QED) is 0.440. The van der Waals surface area contributed by atoms with E-state index >= 15 is 0 Å². The molecule has 1 aliphatic rings. The number of carboxylic acids is 1. The first-order valence-electron chi connectivity index (χ1n) is 5.51. The number of hydrogen-bond donors (Lipinski definition) is 4. The number of nitrogens with two attached hydrogens (primary N) is 1. The van der Waals surface area contributed by atoms with Gasteiger partial charge in [0, 0.05) is 12.8 Å². The zero-order chi connectivity index (χ0) is 13.7. The van der Waals surface area contributed by atoms with E-state index in [1.807, 2.05) is 0 Å². The highest BCUT2D eigenvalue weighted by molar-refractivity contribution is 5.92. The van der Waals surface area contributed by atoms with Gasteiger partial charge in [-0.2, -0.15) is 0 Å². The molecule has 1 unspecified atom stereocenters. The van der Waals surface area contributed by atoms with Crippen molar-refractivity contribution in [2.45, 2.75) is 37.8 Å². The molecule has 1 aliphatic heterocycles. The molecule has 1 fully saturated rings. The molecule has 100 valence electrons. The van der Waals surface area contributed by atoms with Crippen LogP contribution in [0.25, 0.3) is 0 Å². The summed E-state index contributed by atoms with van der Waals surface area (Å²) >= 11 is 0.